The minimum Gasteiger partial charge on any atom is -0.355 e. The Bertz CT molecular complexity index is 259. The number of hydrogen-bond acceptors (Lipinski definition) is 2. The molecule has 1 amide bonds. The highest BCUT2D eigenvalue weighted by Gasteiger charge is 2.32. The highest BCUT2D eigenvalue weighted by atomic mass is 16.1. The summed E-state index contributed by atoms with van der Waals surface area (Å²) in [4.78, 5) is 12.0. The van der Waals surface area contributed by atoms with E-state index in [4.69, 9.17) is 0 Å². The maximum Gasteiger partial charge on any atom is 0.224 e. The maximum absolute atomic E-state index is 12.0. The molecule has 1 aliphatic carbocycles. The van der Waals surface area contributed by atoms with Crippen LogP contribution in [0.5, 0.6) is 0 Å². The summed E-state index contributed by atoms with van der Waals surface area (Å²) in [6.45, 7) is 7.16. The Hall–Kier alpha value is -0.570. The molecule has 2 fully saturated rings. The summed E-state index contributed by atoms with van der Waals surface area (Å²) in [5.41, 5.74) is 0.366. The number of carbonyl (C=O) groups is 1. The van der Waals surface area contributed by atoms with Gasteiger partial charge in [-0.15, -0.1) is 0 Å². The SMILES string of the molecule is C[C@@H]1CNC[C@H]1C(=O)NCC1(C)CCCC1. The van der Waals surface area contributed by atoms with Gasteiger partial charge in [-0.05, 0) is 30.7 Å². The van der Waals surface area contributed by atoms with Crippen molar-refractivity contribution in [1.82, 2.24) is 10.6 Å². The molecule has 0 aromatic rings. The standard InChI is InChI=1S/C13H24N2O/c1-10-7-14-8-11(10)12(16)15-9-13(2)5-3-4-6-13/h10-11,14H,3-9H2,1-2H3,(H,15,16)/t10-,11-/m1/s1. The smallest absolute Gasteiger partial charge is 0.224 e. The average molecular weight is 224 g/mol. The van der Waals surface area contributed by atoms with Gasteiger partial charge >= 0.3 is 0 Å². The van der Waals surface area contributed by atoms with E-state index >= 15 is 0 Å². The molecular weight excluding hydrogens is 200 g/mol. The van der Waals surface area contributed by atoms with E-state index in [1.807, 2.05) is 0 Å². The second-order valence-corrected chi connectivity index (χ2v) is 5.98. The first-order chi connectivity index (χ1) is 7.61. The monoisotopic (exact) mass is 224 g/mol. The summed E-state index contributed by atoms with van der Waals surface area (Å²) in [5, 5.41) is 6.44. The topological polar surface area (TPSA) is 41.1 Å². The molecule has 0 aromatic carbocycles. The Labute approximate surface area is 98.4 Å². The summed E-state index contributed by atoms with van der Waals surface area (Å²) in [5.74, 6) is 0.923. The van der Waals surface area contributed by atoms with Crippen molar-refractivity contribution in [3.63, 3.8) is 0 Å². The lowest BCUT2D eigenvalue weighted by molar-refractivity contribution is -0.125. The molecule has 1 aliphatic heterocycles. The molecule has 2 atom stereocenters. The van der Waals surface area contributed by atoms with E-state index in [2.05, 4.69) is 24.5 Å². The second kappa shape index (κ2) is 4.74. The lowest BCUT2D eigenvalue weighted by Crippen LogP contribution is -2.39. The third kappa shape index (κ3) is 2.57. The Balaban J connectivity index is 1.79. The zero-order chi connectivity index (χ0) is 11.6. The van der Waals surface area contributed by atoms with Gasteiger partial charge in [-0.25, -0.2) is 0 Å². The number of hydrogen-bond donors (Lipinski definition) is 2. The highest BCUT2D eigenvalue weighted by molar-refractivity contribution is 5.79. The van der Waals surface area contributed by atoms with Gasteiger partial charge in [0.25, 0.3) is 0 Å². The van der Waals surface area contributed by atoms with Crippen LogP contribution in [0.3, 0.4) is 0 Å². The molecule has 1 heterocycles. The van der Waals surface area contributed by atoms with Crippen LogP contribution in [0.15, 0.2) is 0 Å². The minimum atomic E-state index is 0.185. The van der Waals surface area contributed by atoms with E-state index < -0.39 is 0 Å². The molecule has 92 valence electrons. The zero-order valence-electron chi connectivity index (χ0n) is 10.5. The lowest BCUT2D eigenvalue weighted by atomic mass is 9.88. The molecular formula is C13H24N2O. The van der Waals surface area contributed by atoms with Crippen molar-refractivity contribution < 1.29 is 4.79 Å². The Kier molecular flexibility index (Phi) is 3.53. The van der Waals surface area contributed by atoms with Crippen LogP contribution in [-0.4, -0.2) is 25.5 Å². The molecule has 2 N–H and O–H groups in total. The number of amides is 1. The number of nitrogens with one attached hydrogen (secondary N) is 2. The molecule has 2 rings (SSSR count). The number of carbonyl (C=O) groups excluding carboxylic acids is 1. The predicted molar refractivity (Wildman–Crippen MR) is 65.1 cm³/mol. The largest absolute Gasteiger partial charge is 0.355 e. The fourth-order valence-electron chi connectivity index (χ4n) is 3.00. The van der Waals surface area contributed by atoms with Crippen LogP contribution in [0.25, 0.3) is 0 Å². The summed E-state index contributed by atoms with van der Waals surface area (Å²) in [6.07, 6.45) is 5.19. The molecule has 0 radical (unpaired) electrons. The molecule has 0 unspecified atom stereocenters. The molecule has 0 spiro atoms. The van der Waals surface area contributed by atoms with E-state index in [0.717, 1.165) is 19.6 Å². The van der Waals surface area contributed by atoms with Gasteiger partial charge in [0.05, 0.1) is 5.92 Å². The van der Waals surface area contributed by atoms with Crippen LogP contribution >= 0.6 is 0 Å². The Morgan fingerprint density at radius 1 is 1.38 bits per heavy atom. The molecule has 3 nitrogen and oxygen atoms in total. The summed E-state index contributed by atoms with van der Waals surface area (Å²) in [6, 6.07) is 0. The predicted octanol–water partition coefficient (Wildman–Crippen LogP) is 1.54. The van der Waals surface area contributed by atoms with Gasteiger partial charge in [-0.1, -0.05) is 26.7 Å². The van der Waals surface area contributed by atoms with Crippen LogP contribution in [-0.2, 0) is 4.79 Å². The number of rotatable bonds is 3. The van der Waals surface area contributed by atoms with Crippen molar-refractivity contribution in [2.75, 3.05) is 19.6 Å². The first-order valence-electron chi connectivity index (χ1n) is 6.59. The van der Waals surface area contributed by atoms with Gasteiger partial charge in [0, 0.05) is 13.1 Å². The molecule has 0 bridgehead atoms. The summed E-state index contributed by atoms with van der Waals surface area (Å²) < 4.78 is 0. The lowest BCUT2D eigenvalue weighted by Gasteiger charge is -2.25. The van der Waals surface area contributed by atoms with Crippen molar-refractivity contribution >= 4 is 5.91 Å². The summed E-state index contributed by atoms with van der Waals surface area (Å²) in [7, 11) is 0. The van der Waals surface area contributed by atoms with Crippen LogP contribution in [0.2, 0.25) is 0 Å². The van der Waals surface area contributed by atoms with Crippen LogP contribution < -0.4 is 10.6 Å². The van der Waals surface area contributed by atoms with Gasteiger partial charge in [0.15, 0.2) is 0 Å². The quantitative estimate of drug-likeness (QED) is 0.763. The molecule has 3 heteroatoms. The zero-order valence-corrected chi connectivity index (χ0v) is 10.5. The Morgan fingerprint density at radius 3 is 2.62 bits per heavy atom. The molecule has 1 saturated heterocycles. The molecule has 2 aliphatic rings. The van der Waals surface area contributed by atoms with Crippen LogP contribution in [0.1, 0.15) is 39.5 Å². The average Bonchev–Trinajstić information content (AvgIpc) is 2.85. The van der Waals surface area contributed by atoms with Crippen molar-refractivity contribution in [3.05, 3.63) is 0 Å². The van der Waals surface area contributed by atoms with Gasteiger partial charge < -0.3 is 10.6 Å². The minimum absolute atomic E-state index is 0.185. The van der Waals surface area contributed by atoms with E-state index in [0.29, 0.717) is 11.3 Å². The molecule has 0 aromatic heterocycles. The van der Waals surface area contributed by atoms with Crippen molar-refractivity contribution in [3.8, 4) is 0 Å². The van der Waals surface area contributed by atoms with Gasteiger partial charge in [0.1, 0.15) is 0 Å². The highest BCUT2D eigenvalue weighted by Crippen LogP contribution is 2.36. The summed E-state index contributed by atoms with van der Waals surface area (Å²) >= 11 is 0. The third-order valence-corrected chi connectivity index (χ3v) is 4.35. The van der Waals surface area contributed by atoms with E-state index in [1.54, 1.807) is 0 Å². The molecule has 1 saturated carbocycles. The maximum atomic E-state index is 12.0. The van der Waals surface area contributed by atoms with E-state index in [-0.39, 0.29) is 11.8 Å². The van der Waals surface area contributed by atoms with E-state index in [1.165, 1.54) is 25.7 Å². The second-order valence-electron chi connectivity index (χ2n) is 5.98. The Morgan fingerprint density at radius 2 is 2.06 bits per heavy atom. The van der Waals surface area contributed by atoms with Crippen molar-refractivity contribution in [2.45, 2.75) is 39.5 Å². The van der Waals surface area contributed by atoms with Gasteiger partial charge in [-0.3, -0.25) is 4.79 Å². The normalized spacial score (nSPS) is 32.9. The van der Waals surface area contributed by atoms with Gasteiger partial charge in [-0.2, -0.15) is 0 Å². The third-order valence-electron chi connectivity index (χ3n) is 4.35. The van der Waals surface area contributed by atoms with Crippen LogP contribution in [0.4, 0.5) is 0 Å². The fourth-order valence-corrected chi connectivity index (χ4v) is 3.00. The molecule has 16 heavy (non-hydrogen) atoms. The van der Waals surface area contributed by atoms with E-state index in [9.17, 15) is 4.79 Å². The van der Waals surface area contributed by atoms with Crippen LogP contribution in [0, 0.1) is 17.3 Å². The van der Waals surface area contributed by atoms with Crippen molar-refractivity contribution in [1.29, 1.82) is 0 Å². The fraction of sp³-hybridized carbons (Fsp3) is 0.923. The van der Waals surface area contributed by atoms with Crippen molar-refractivity contribution in [2.24, 2.45) is 17.3 Å². The first-order valence-corrected chi connectivity index (χ1v) is 6.59. The van der Waals surface area contributed by atoms with Gasteiger partial charge in [0.2, 0.25) is 5.91 Å². The first kappa shape index (κ1) is 11.9.